The Bertz CT molecular complexity index is 299. The lowest BCUT2D eigenvalue weighted by Crippen LogP contribution is -2.45. The first-order valence-corrected chi connectivity index (χ1v) is 6.55. The molecule has 0 aromatic rings. The van der Waals surface area contributed by atoms with Crippen LogP contribution in [0.15, 0.2) is 0 Å². The summed E-state index contributed by atoms with van der Waals surface area (Å²) in [4.78, 5) is 0. The van der Waals surface area contributed by atoms with Crippen LogP contribution in [0.5, 0.6) is 0 Å². The number of sulfonamides is 1. The van der Waals surface area contributed by atoms with Crippen molar-refractivity contribution >= 4 is 10.0 Å². The molecule has 14 heavy (non-hydrogen) atoms. The summed E-state index contributed by atoms with van der Waals surface area (Å²) in [6, 6.07) is 0. The summed E-state index contributed by atoms with van der Waals surface area (Å²) in [7, 11) is -3.18. The average Bonchev–Trinajstić information content (AvgIpc) is 2.62. The molecule has 5 heteroatoms. The zero-order chi connectivity index (χ0) is 11.0. The molecule has 0 bridgehead atoms. The minimum Gasteiger partial charge on any atom is -0.329 e. The van der Waals surface area contributed by atoms with Crippen molar-refractivity contribution < 1.29 is 8.42 Å². The van der Waals surface area contributed by atoms with Crippen LogP contribution in [0.2, 0.25) is 0 Å². The second-order valence-corrected chi connectivity index (χ2v) is 7.13. The molecule has 0 amide bonds. The Morgan fingerprint density at radius 3 is 2.14 bits per heavy atom. The molecule has 0 aromatic carbocycles. The topological polar surface area (TPSA) is 72.2 Å². The van der Waals surface area contributed by atoms with Gasteiger partial charge in [-0.25, -0.2) is 13.1 Å². The van der Waals surface area contributed by atoms with E-state index < -0.39 is 10.0 Å². The van der Waals surface area contributed by atoms with Crippen molar-refractivity contribution in [3.8, 4) is 0 Å². The van der Waals surface area contributed by atoms with Crippen molar-refractivity contribution in [1.82, 2.24) is 4.72 Å². The fraction of sp³-hybridized carbons (Fsp3) is 1.00. The van der Waals surface area contributed by atoms with Crippen LogP contribution in [-0.4, -0.2) is 26.3 Å². The summed E-state index contributed by atoms with van der Waals surface area (Å²) < 4.78 is 26.1. The van der Waals surface area contributed by atoms with E-state index in [2.05, 4.69) is 4.72 Å². The zero-order valence-electron chi connectivity index (χ0n) is 9.13. The van der Waals surface area contributed by atoms with Crippen molar-refractivity contribution in [1.29, 1.82) is 0 Å². The van der Waals surface area contributed by atoms with Crippen LogP contribution >= 0.6 is 0 Å². The summed E-state index contributed by atoms with van der Waals surface area (Å²) in [6.07, 6.45) is 1.74. The van der Waals surface area contributed by atoms with Crippen LogP contribution in [0, 0.1) is 5.41 Å². The Morgan fingerprint density at radius 1 is 1.36 bits per heavy atom. The monoisotopic (exact) mass is 220 g/mol. The molecule has 84 valence electrons. The van der Waals surface area contributed by atoms with E-state index in [0.29, 0.717) is 6.54 Å². The van der Waals surface area contributed by atoms with Gasteiger partial charge in [0.15, 0.2) is 0 Å². The van der Waals surface area contributed by atoms with Gasteiger partial charge in [-0.3, -0.25) is 0 Å². The van der Waals surface area contributed by atoms with E-state index in [-0.39, 0.29) is 16.7 Å². The fourth-order valence-electron chi connectivity index (χ4n) is 1.43. The standard InChI is InChI=1S/C9H20N2O2S/c1-8(2,3)7-14(12,13)11-9(6-10)4-5-9/h11H,4-7,10H2,1-3H3. The normalized spacial score (nSPS) is 20.9. The van der Waals surface area contributed by atoms with Gasteiger partial charge >= 0.3 is 0 Å². The van der Waals surface area contributed by atoms with Gasteiger partial charge in [0.2, 0.25) is 10.0 Å². The Kier molecular flexibility index (Phi) is 2.96. The van der Waals surface area contributed by atoms with Gasteiger partial charge in [0.25, 0.3) is 0 Å². The second kappa shape index (κ2) is 3.47. The molecule has 0 aromatic heterocycles. The van der Waals surface area contributed by atoms with Gasteiger partial charge in [-0.2, -0.15) is 0 Å². The quantitative estimate of drug-likeness (QED) is 0.722. The number of rotatable bonds is 4. The maximum atomic E-state index is 11.7. The van der Waals surface area contributed by atoms with Crippen LogP contribution < -0.4 is 10.5 Å². The smallest absolute Gasteiger partial charge is 0.212 e. The highest BCUT2D eigenvalue weighted by molar-refractivity contribution is 7.89. The highest BCUT2D eigenvalue weighted by Gasteiger charge is 2.44. The summed E-state index contributed by atoms with van der Waals surface area (Å²) in [5.74, 6) is 0.155. The Balaban J connectivity index is 2.59. The lowest BCUT2D eigenvalue weighted by Gasteiger charge is -2.21. The SMILES string of the molecule is CC(C)(C)CS(=O)(=O)NC1(CN)CC1. The third-order valence-corrected chi connectivity index (χ3v) is 4.23. The first-order valence-electron chi connectivity index (χ1n) is 4.90. The van der Waals surface area contributed by atoms with Gasteiger partial charge in [-0.1, -0.05) is 20.8 Å². The van der Waals surface area contributed by atoms with Crippen molar-refractivity contribution in [2.45, 2.75) is 39.2 Å². The first-order chi connectivity index (χ1) is 6.18. The molecule has 0 unspecified atom stereocenters. The minimum atomic E-state index is -3.18. The molecular formula is C9H20N2O2S. The van der Waals surface area contributed by atoms with Crippen LogP contribution in [0.3, 0.4) is 0 Å². The Morgan fingerprint density at radius 2 is 1.86 bits per heavy atom. The number of hydrogen-bond donors (Lipinski definition) is 2. The number of nitrogens with one attached hydrogen (secondary N) is 1. The summed E-state index contributed by atoms with van der Waals surface area (Å²) in [5.41, 5.74) is 4.99. The highest BCUT2D eigenvalue weighted by atomic mass is 32.2. The van der Waals surface area contributed by atoms with E-state index in [0.717, 1.165) is 12.8 Å². The van der Waals surface area contributed by atoms with Crippen molar-refractivity contribution in [3.05, 3.63) is 0 Å². The van der Waals surface area contributed by atoms with E-state index in [1.807, 2.05) is 20.8 Å². The lowest BCUT2D eigenvalue weighted by atomic mass is 10.0. The molecular weight excluding hydrogens is 200 g/mol. The molecule has 0 spiro atoms. The number of nitrogens with two attached hydrogens (primary N) is 1. The van der Waals surface area contributed by atoms with E-state index in [1.54, 1.807) is 0 Å². The van der Waals surface area contributed by atoms with Gasteiger partial charge in [0.05, 0.1) is 5.75 Å². The predicted octanol–water partition coefficient (Wildman–Crippen LogP) is 0.443. The van der Waals surface area contributed by atoms with Crippen LogP contribution in [0.25, 0.3) is 0 Å². The van der Waals surface area contributed by atoms with Crippen molar-refractivity contribution in [2.75, 3.05) is 12.3 Å². The van der Waals surface area contributed by atoms with E-state index >= 15 is 0 Å². The molecule has 0 saturated heterocycles. The molecule has 1 fully saturated rings. The molecule has 1 aliphatic rings. The molecule has 1 rings (SSSR count). The number of hydrogen-bond acceptors (Lipinski definition) is 3. The summed E-state index contributed by atoms with van der Waals surface area (Å²) in [6.45, 7) is 6.13. The fourth-order valence-corrected chi connectivity index (χ4v) is 3.59. The summed E-state index contributed by atoms with van der Waals surface area (Å²) >= 11 is 0. The van der Waals surface area contributed by atoms with Crippen molar-refractivity contribution in [3.63, 3.8) is 0 Å². The van der Waals surface area contributed by atoms with Crippen molar-refractivity contribution in [2.24, 2.45) is 11.1 Å². The molecule has 0 atom stereocenters. The molecule has 0 heterocycles. The molecule has 1 saturated carbocycles. The third kappa shape index (κ3) is 3.55. The first kappa shape index (κ1) is 11.9. The molecule has 3 N–H and O–H groups in total. The van der Waals surface area contributed by atoms with Gasteiger partial charge < -0.3 is 5.73 Å². The molecule has 0 aliphatic heterocycles. The van der Waals surface area contributed by atoms with Gasteiger partial charge in [-0.05, 0) is 18.3 Å². The maximum Gasteiger partial charge on any atom is 0.212 e. The van der Waals surface area contributed by atoms with Gasteiger partial charge in [0, 0.05) is 12.1 Å². The van der Waals surface area contributed by atoms with E-state index in [9.17, 15) is 8.42 Å². The second-order valence-electron chi connectivity index (χ2n) is 5.41. The highest BCUT2D eigenvalue weighted by Crippen LogP contribution is 2.35. The average molecular weight is 220 g/mol. The summed E-state index contributed by atoms with van der Waals surface area (Å²) in [5, 5.41) is 0. The van der Waals surface area contributed by atoms with E-state index in [1.165, 1.54) is 0 Å². The molecule has 4 nitrogen and oxygen atoms in total. The van der Waals surface area contributed by atoms with Gasteiger partial charge in [0.1, 0.15) is 0 Å². The predicted molar refractivity (Wildman–Crippen MR) is 57.4 cm³/mol. The molecule has 1 aliphatic carbocycles. The Labute approximate surface area is 86.3 Å². The lowest BCUT2D eigenvalue weighted by molar-refractivity contribution is 0.452. The van der Waals surface area contributed by atoms with Crippen LogP contribution in [0.4, 0.5) is 0 Å². The zero-order valence-corrected chi connectivity index (χ0v) is 9.95. The largest absolute Gasteiger partial charge is 0.329 e. The van der Waals surface area contributed by atoms with Crippen LogP contribution in [-0.2, 0) is 10.0 Å². The van der Waals surface area contributed by atoms with E-state index in [4.69, 9.17) is 5.73 Å². The maximum absolute atomic E-state index is 11.7. The Hall–Kier alpha value is -0.130. The minimum absolute atomic E-state index is 0.155. The molecule has 0 radical (unpaired) electrons. The third-order valence-electron chi connectivity index (χ3n) is 2.24. The van der Waals surface area contributed by atoms with Crippen LogP contribution in [0.1, 0.15) is 33.6 Å². The van der Waals surface area contributed by atoms with Gasteiger partial charge in [-0.15, -0.1) is 0 Å².